The number of esters is 1. The average Bonchev–Trinajstić information content (AvgIpc) is 2.48. The van der Waals surface area contributed by atoms with Gasteiger partial charge in [0.1, 0.15) is 17.4 Å². The van der Waals surface area contributed by atoms with E-state index in [1.165, 1.54) is 32.1 Å². The van der Waals surface area contributed by atoms with Gasteiger partial charge in [-0.1, -0.05) is 39.0 Å². The monoisotopic (exact) mass is 292 g/mol. The normalized spacial score (nSPS) is 23.6. The van der Waals surface area contributed by atoms with E-state index in [9.17, 15) is 4.79 Å². The summed E-state index contributed by atoms with van der Waals surface area (Å²) in [5.74, 6) is 1.21. The molecule has 1 saturated carbocycles. The molecule has 118 valence electrons. The van der Waals surface area contributed by atoms with Gasteiger partial charge in [-0.25, -0.2) is 4.79 Å². The molecule has 0 radical (unpaired) electrons. The molecule has 0 aromatic carbocycles. The lowest BCUT2D eigenvalue weighted by molar-refractivity contribution is -0.138. The largest absolute Gasteiger partial charge is 0.490 e. The zero-order valence-corrected chi connectivity index (χ0v) is 13.6. The zero-order chi connectivity index (χ0) is 15.2. The van der Waals surface area contributed by atoms with Crippen molar-refractivity contribution in [3.63, 3.8) is 0 Å². The summed E-state index contributed by atoms with van der Waals surface area (Å²) in [6.07, 6.45) is 10.7. The molecule has 2 rings (SSSR count). The van der Waals surface area contributed by atoms with Gasteiger partial charge in [0.2, 0.25) is 0 Å². The third kappa shape index (κ3) is 4.12. The van der Waals surface area contributed by atoms with E-state index in [2.05, 4.69) is 13.0 Å². The molecule has 0 N–H and O–H groups in total. The average molecular weight is 292 g/mol. The maximum absolute atomic E-state index is 12.3. The predicted molar refractivity (Wildman–Crippen MR) is 83.8 cm³/mol. The Bertz CT molecular complexity index is 428. The van der Waals surface area contributed by atoms with E-state index >= 15 is 0 Å². The molecule has 1 aliphatic heterocycles. The van der Waals surface area contributed by atoms with Crippen LogP contribution in [-0.2, 0) is 14.3 Å². The van der Waals surface area contributed by atoms with Crippen molar-refractivity contribution in [1.29, 1.82) is 0 Å². The van der Waals surface area contributed by atoms with E-state index in [0.717, 1.165) is 24.2 Å². The Balaban J connectivity index is 2.17. The minimum Gasteiger partial charge on any atom is -0.490 e. The van der Waals surface area contributed by atoms with Crippen molar-refractivity contribution >= 4 is 5.97 Å². The van der Waals surface area contributed by atoms with E-state index in [1.807, 2.05) is 13.8 Å². The van der Waals surface area contributed by atoms with Crippen molar-refractivity contribution in [2.45, 2.75) is 71.8 Å². The standard InChI is InChI=1S/C18H28O3/c1-4-16-12-15(11-14-9-7-6-8-10-14)17(13(3)21-16)18(19)20-5-2/h12,14,16H,4-11H2,1-3H3. The molecular formula is C18H28O3. The quantitative estimate of drug-likeness (QED) is 0.698. The highest BCUT2D eigenvalue weighted by atomic mass is 16.5. The van der Waals surface area contributed by atoms with E-state index in [4.69, 9.17) is 9.47 Å². The molecule has 1 unspecified atom stereocenters. The second-order valence-electron chi connectivity index (χ2n) is 6.12. The smallest absolute Gasteiger partial charge is 0.341 e. The second kappa shape index (κ2) is 7.67. The number of allylic oxidation sites excluding steroid dienone is 1. The third-order valence-corrected chi connectivity index (χ3v) is 4.50. The fourth-order valence-corrected chi connectivity index (χ4v) is 3.41. The highest BCUT2D eigenvalue weighted by Gasteiger charge is 2.28. The summed E-state index contributed by atoms with van der Waals surface area (Å²) in [5, 5.41) is 0. The Hall–Kier alpha value is -1.25. The summed E-state index contributed by atoms with van der Waals surface area (Å²) in [5.41, 5.74) is 1.82. The first-order chi connectivity index (χ1) is 10.2. The van der Waals surface area contributed by atoms with Crippen LogP contribution in [0, 0.1) is 5.92 Å². The Morgan fingerprint density at radius 3 is 2.62 bits per heavy atom. The fourth-order valence-electron chi connectivity index (χ4n) is 3.41. The highest BCUT2D eigenvalue weighted by molar-refractivity contribution is 5.94. The van der Waals surface area contributed by atoms with E-state index in [0.29, 0.717) is 18.1 Å². The van der Waals surface area contributed by atoms with Gasteiger partial charge in [-0.05, 0) is 44.3 Å². The van der Waals surface area contributed by atoms with Crippen molar-refractivity contribution in [3.05, 3.63) is 23.0 Å². The van der Waals surface area contributed by atoms with Gasteiger partial charge in [0, 0.05) is 0 Å². The number of rotatable bonds is 5. The molecule has 0 aromatic heterocycles. The second-order valence-corrected chi connectivity index (χ2v) is 6.12. The maximum atomic E-state index is 12.3. The molecule has 1 aliphatic carbocycles. The van der Waals surface area contributed by atoms with Gasteiger partial charge in [-0.2, -0.15) is 0 Å². The Labute approximate surface area is 128 Å². The van der Waals surface area contributed by atoms with E-state index in [-0.39, 0.29) is 12.1 Å². The Kier molecular flexibility index (Phi) is 5.89. The van der Waals surface area contributed by atoms with Crippen molar-refractivity contribution in [3.8, 4) is 0 Å². The van der Waals surface area contributed by atoms with Crippen molar-refractivity contribution in [2.24, 2.45) is 5.92 Å². The molecule has 3 heteroatoms. The summed E-state index contributed by atoms with van der Waals surface area (Å²) in [4.78, 5) is 12.3. The first kappa shape index (κ1) is 16.1. The molecule has 1 heterocycles. The molecule has 0 aromatic rings. The molecule has 1 atom stereocenters. The zero-order valence-electron chi connectivity index (χ0n) is 13.6. The van der Waals surface area contributed by atoms with Gasteiger partial charge in [0.25, 0.3) is 0 Å². The first-order valence-electron chi connectivity index (χ1n) is 8.41. The minimum atomic E-state index is -0.230. The summed E-state index contributed by atoms with van der Waals surface area (Å²) in [6, 6.07) is 0. The maximum Gasteiger partial charge on any atom is 0.341 e. The summed E-state index contributed by atoms with van der Waals surface area (Å²) >= 11 is 0. The molecule has 3 nitrogen and oxygen atoms in total. The minimum absolute atomic E-state index is 0.0989. The Morgan fingerprint density at radius 2 is 2.00 bits per heavy atom. The lowest BCUT2D eigenvalue weighted by atomic mass is 9.82. The van der Waals surface area contributed by atoms with Crippen LogP contribution in [0.1, 0.15) is 65.7 Å². The number of hydrogen-bond acceptors (Lipinski definition) is 3. The summed E-state index contributed by atoms with van der Waals surface area (Å²) < 4.78 is 11.1. The molecule has 1 fully saturated rings. The van der Waals surface area contributed by atoms with Crippen LogP contribution in [0.2, 0.25) is 0 Å². The van der Waals surface area contributed by atoms with Crippen LogP contribution in [0.5, 0.6) is 0 Å². The summed E-state index contributed by atoms with van der Waals surface area (Å²) in [6.45, 7) is 6.26. The molecule has 0 amide bonds. The van der Waals surface area contributed by atoms with Gasteiger partial charge < -0.3 is 9.47 Å². The van der Waals surface area contributed by atoms with Crippen LogP contribution < -0.4 is 0 Å². The van der Waals surface area contributed by atoms with Crippen molar-refractivity contribution in [2.75, 3.05) is 6.61 Å². The first-order valence-corrected chi connectivity index (χ1v) is 8.41. The number of ether oxygens (including phenoxy) is 2. The summed E-state index contributed by atoms with van der Waals surface area (Å²) in [7, 11) is 0. The lowest BCUT2D eigenvalue weighted by Gasteiger charge is -2.28. The Morgan fingerprint density at radius 1 is 1.29 bits per heavy atom. The molecule has 21 heavy (non-hydrogen) atoms. The fraction of sp³-hybridized carbons (Fsp3) is 0.722. The molecular weight excluding hydrogens is 264 g/mol. The molecule has 0 saturated heterocycles. The number of hydrogen-bond donors (Lipinski definition) is 0. The topological polar surface area (TPSA) is 35.5 Å². The van der Waals surface area contributed by atoms with Gasteiger partial charge >= 0.3 is 5.97 Å². The van der Waals surface area contributed by atoms with Crippen molar-refractivity contribution in [1.82, 2.24) is 0 Å². The van der Waals surface area contributed by atoms with Crippen LogP contribution in [0.4, 0.5) is 0 Å². The molecule has 0 spiro atoms. The third-order valence-electron chi connectivity index (χ3n) is 4.50. The van der Waals surface area contributed by atoms with Crippen LogP contribution >= 0.6 is 0 Å². The van der Waals surface area contributed by atoms with E-state index in [1.54, 1.807) is 0 Å². The van der Waals surface area contributed by atoms with Crippen LogP contribution in [0.15, 0.2) is 23.0 Å². The van der Waals surface area contributed by atoms with Crippen LogP contribution in [-0.4, -0.2) is 18.7 Å². The number of carbonyl (C=O) groups excluding carboxylic acids is 1. The van der Waals surface area contributed by atoms with Crippen molar-refractivity contribution < 1.29 is 14.3 Å². The SMILES string of the molecule is CCOC(=O)C1=C(C)OC(CC)C=C1CC1CCCCC1. The van der Waals surface area contributed by atoms with Gasteiger partial charge in [0.15, 0.2) is 0 Å². The van der Waals surface area contributed by atoms with Crippen LogP contribution in [0.25, 0.3) is 0 Å². The van der Waals surface area contributed by atoms with Gasteiger partial charge in [-0.3, -0.25) is 0 Å². The van der Waals surface area contributed by atoms with Gasteiger partial charge in [0.05, 0.1) is 6.61 Å². The highest BCUT2D eigenvalue weighted by Crippen LogP contribution is 2.35. The molecule has 2 aliphatic rings. The predicted octanol–water partition coefficient (Wildman–Crippen LogP) is 4.53. The van der Waals surface area contributed by atoms with E-state index < -0.39 is 0 Å². The van der Waals surface area contributed by atoms with Gasteiger partial charge in [-0.15, -0.1) is 0 Å². The molecule has 0 bridgehead atoms. The lowest BCUT2D eigenvalue weighted by Crippen LogP contribution is -2.23. The number of carbonyl (C=O) groups is 1. The van der Waals surface area contributed by atoms with Crippen LogP contribution in [0.3, 0.4) is 0 Å².